The smallest absolute Gasteiger partial charge is 0.0782 e. The van der Waals surface area contributed by atoms with E-state index in [-0.39, 0.29) is 0 Å². The van der Waals surface area contributed by atoms with Gasteiger partial charge in [-0.25, -0.2) is 0 Å². The number of aliphatic hydroxyl groups excluding tert-OH is 1. The van der Waals surface area contributed by atoms with Gasteiger partial charge >= 0.3 is 0 Å². The van der Waals surface area contributed by atoms with Gasteiger partial charge in [0.2, 0.25) is 0 Å². The van der Waals surface area contributed by atoms with Crippen LogP contribution < -0.4 is 4.90 Å². The molecule has 1 aromatic rings. The Kier molecular flexibility index (Phi) is 4.68. The number of benzene rings is 1. The second-order valence-electron chi connectivity index (χ2n) is 5.13. The highest BCUT2D eigenvalue weighted by atomic mass is 79.9. The van der Waals surface area contributed by atoms with Gasteiger partial charge in [0.25, 0.3) is 0 Å². The van der Waals surface area contributed by atoms with Crippen molar-refractivity contribution in [3.63, 3.8) is 0 Å². The third-order valence-electron chi connectivity index (χ3n) is 3.85. The van der Waals surface area contributed by atoms with Crippen LogP contribution in [0.1, 0.15) is 51.2 Å². The molecule has 3 heteroatoms. The third-order valence-corrected chi connectivity index (χ3v) is 4.34. The first-order valence-corrected chi connectivity index (χ1v) is 7.67. The summed E-state index contributed by atoms with van der Waals surface area (Å²) < 4.78 is 1.03. The van der Waals surface area contributed by atoms with E-state index in [1.165, 1.54) is 31.4 Å². The summed E-state index contributed by atoms with van der Waals surface area (Å²) in [5.74, 6) is 0. The lowest BCUT2D eigenvalue weighted by Gasteiger charge is -2.38. The van der Waals surface area contributed by atoms with Gasteiger partial charge < -0.3 is 10.0 Å². The molecule has 2 atom stereocenters. The summed E-state index contributed by atoms with van der Waals surface area (Å²) >= 11 is 3.49. The van der Waals surface area contributed by atoms with Crippen LogP contribution in [0.4, 0.5) is 5.69 Å². The van der Waals surface area contributed by atoms with Crippen molar-refractivity contribution < 1.29 is 5.11 Å². The van der Waals surface area contributed by atoms with E-state index >= 15 is 0 Å². The molecule has 0 spiro atoms. The number of nitrogens with zero attached hydrogens (tertiary/aromatic N) is 1. The SMILES string of the molecule is CCC1CCCCN1c1ccc(Br)cc1C(C)O. The van der Waals surface area contributed by atoms with E-state index in [4.69, 9.17) is 0 Å². The number of hydrogen-bond acceptors (Lipinski definition) is 2. The summed E-state index contributed by atoms with van der Waals surface area (Å²) in [5, 5.41) is 9.97. The predicted octanol–water partition coefficient (Wildman–Crippen LogP) is 4.27. The topological polar surface area (TPSA) is 23.5 Å². The fourth-order valence-corrected chi connectivity index (χ4v) is 3.24. The van der Waals surface area contributed by atoms with Gasteiger partial charge in [-0.05, 0) is 50.8 Å². The van der Waals surface area contributed by atoms with Gasteiger partial charge in [-0.1, -0.05) is 22.9 Å². The van der Waals surface area contributed by atoms with Crippen molar-refractivity contribution in [3.8, 4) is 0 Å². The number of rotatable bonds is 3. The standard InChI is InChI=1S/C15H22BrNO/c1-3-13-6-4-5-9-17(13)15-8-7-12(16)10-14(15)11(2)18/h7-8,10-11,13,18H,3-6,9H2,1-2H3. The number of halogens is 1. The Balaban J connectivity index is 2.36. The minimum atomic E-state index is -0.420. The van der Waals surface area contributed by atoms with Gasteiger partial charge in [0.15, 0.2) is 0 Å². The highest BCUT2D eigenvalue weighted by molar-refractivity contribution is 9.10. The monoisotopic (exact) mass is 311 g/mol. The molecule has 0 aromatic heterocycles. The Labute approximate surface area is 118 Å². The van der Waals surface area contributed by atoms with E-state index in [1.54, 1.807) is 0 Å². The van der Waals surface area contributed by atoms with Crippen molar-refractivity contribution in [1.29, 1.82) is 0 Å². The summed E-state index contributed by atoms with van der Waals surface area (Å²) in [6.45, 7) is 5.21. The first-order valence-electron chi connectivity index (χ1n) is 6.87. The van der Waals surface area contributed by atoms with Gasteiger partial charge in [-0.15, -0.1) is 0 Å². The Morgan fingerprint density at radius 3 is 2.89 bits per heavy atom. The van der Waals surface area contributed by atoms with E-state index in [9.17, 15) is 5.11 Å². The molecule has 0 amide bonds. The molecule has 1 aliphatic heterocycles. The minimum Gasteiger partial charge on any atom is -0.389 e. The van der Waals surface area contributed by atoms with Crippen LogP contribution >= 0.6 is 15.9 Å². The number of hydrogen-bond donors (Lipinski definition) is 1. The molecule has 2 nitrogen and oxygen atoms in total. The molecule has 0 saturated carbocycles. The molecule has 100 valence electrons. The van der Waals surface area contributed by atoms with Crippen LogP contribution in [0.3, 0.4) is 0 Å². The summed E-state index contributed by atoms with van der Waals surface area (Å²) in [5.41, 5.74) is 2.24. The molecule has 18 heavy (non-hydrogen) atoms. The van der Waals surface area contributed by atoms with Crippen LogP contribution in [0, 0.1) is 0 Å². The molecule has 1 aliphatic rings. The molecule has 1 saturated heterocycles. The van der Waals surface area contributed by atoms with Gasteiger partial charge in [-0.2, -0.15) is 0 Å². The minimum absolute atomic E-state index is 0.420. The summed E-state index contributed by atoms with van der Waals surface area (Å²) in [6.07, 6.45) is 4.61. The number of piperidine rings is 1. The molecule has 1 fully saturated rings. The Bertz CT molecular complexity index is 405. The predicted molar refractivity (Wildman–Crippen MR) is 80.1 cm³/mol. The van der Waals surface area contributed by atoms with Crippen molar-refractivity contribution in [2.45, 2.75) is 51.7 Å². The van der Waals surface area contributed by atoms with E-state index < -0.39 is 6.10 Å². The molecule has 2 rings (SSSR count). The maximum atomic E-state index is 9.97. The van der Waals surface area contributed by atoms with Crippen molar-refractivity contribution in [2.75, 3.05) is 11.4 Å². The first-order chi connectivity index (χ1) is 8.63. The molecular formula is C15H22BrNO. The molecule has 0 aliphatic carbocycles. The molecule has 2 unspecified atom stereocenters. The Morgan fingerprint density at radius 2 is 2.22 bits per heavy atom. The average molecular weight is 312 g/mol. The Hall–Kier alpha value is -0.540. The molecular weight excluding hydrogens is 290 g/mol. The first kappa shape index (κ1) is 13.9. The highest BCUT2D eigenvalue weighted by Gasteiger charge is 2.24. The maximum Gasteiger partial charge on any atom is 0.0782 e. The molecule has 1 heterocycles. The fraction of sp³-hybridized carbons (Fsp3) is 0.600. The van der Waals surface area contributed by atoms with Crippen molar-refractivity contribution >= 4 is 21.6 Å². The zero-order valence-electron chi connectivity index (χ0n) is 11.2. The number of aliphatic hydroxyl groups is 1. The second-order valence-corrected chi connectivity index (χ2v) is 6.05. The summed E-state index contributed by atoms with van der Waals surface area (Å²) in [6, 6.07) is 6.88. The largest absolute Gasteiger partial charge is 0.389 e. The maximum absolute atomic E-state index is 9.97. The van der Waals surface area contributed by atoms with E-state index in [2.05, 4.69) is 39.9 Å². The van der Waals surface area contributed by atoms with Crippen LogP contribution in [0.5, 0.6) is 0 Å². The number of anilines is 1. The van der Waals surface area contributed by atoms with Gasteiger partial charge in [-0.3, -0.25) is 0 Å². The van der Waals surface area contributed by atoms with E-state index in [0.717, 1.165) is 16.6 Å². The van der Waals surface area contributed by atoms with Gasteiger partial charge in [0.05, 0.1) is 6.10 Å². The highest BCUT2D eigenvalue weighted by Crippen LogP contribution is 2.34. The normalized spacial score (nSPS) is 22.0. The lowest BCUT2D eigenvalue weighted by atomic mass is 9.97. The molecule has 0 bridgehead atoms. The van der Waals surface area contributed by atoms with Crippen molar-refractivity contribution in [2.24, 2.45) is 0 Å². The molecule has 1 aromatic carbocycles. The van der Waals surface area contributed by atoms with Crippen LogP contribution in [-0.4, -0.2) is 17.7 Å². The van der Waals surface area contributed by atoms with E-state index in [1.807, 2.05) is 13.0 Å². The fourth-order valence-electron chi connectivity index (χ4n) is 2.86. The quantitative estimate of drug-likeness (QED) is 0.901. The summed E-state index contributed by atoms with van der Waals surface area (Å²) in [4.78, 5) is 2.48. The average Bonchev–Trinajstić information content (AvgIpc) is 2.38. The lowest BCUT2D eigenvalue weighted by Crippen LogP contribution is -2.39. The Morgan fingerprint density at radius 1 is 1.44 bits per heavy atom. The van der Waals surface area contributed by atoms with Gasteiger partial charge in [0.1, 0.15) is 0 Å². The van der Waals surface area contributed by atoms with Crippen LogP contribution in [0.25, 0.3) is 0 Å². The third kappa shape index (κ3) is 2.89. The van der Waals surface area contributed by atoms with Crippen LogP contribution in [0.2, 0.25) is 0 Å². The second kappa shape index (κ2) is 6.07. The zero-order valence-corrected chi connectivity index (χ0v) is 12.8. The zero-order chi connectivity index (χ0) is 13.1. The van der Waals surface area contributed by atoms with Crippen molar-refractivity contribution in [3.05, 3.63) is 28.2 Å². The van der Waals surface area contributed by atoms with Crippen LogP contribution in [0.15, 0.2) is 22.7 Å². The van der Waals surface area contributed by atoms with Gasteiger partial charge in [0, 0.05) is 28.3 Å². The van der Waals surface area contributed by atoms with E-state index in [0.29, 0.717) is 6.04 Å². The lowest BCUT2D eigenvalue weighted by molar-refractivity contribution is 0.199. The van der Waals surface area contributed by atoms with Crippen molar-refractivity contribution in [1.82, 2.24) is 0 Å². The molecule has 0 radical (unpaired) electrons. The van der Waals surface area contributed by atoms with Crippen LogP contribution in [-0.2, 0) is 0 Å². The summed E-state index contributed by atoms with van der Waals surface area (Å²) in [7, 11) is 0. The molecule has 1 N–H and O–H groups in total.